The fourth-order valence-corrected chi connectivity index (χ4v) is 3.13. The summed E-state index contributed by atoms with van der Waals surface area (Å²) in [5, 5.41) is 0.751. The van der Waals surface area contributed by atoms with Crippen LogP contribution in [0.2, 0.25) is 5.02 Å². The van der Waals surface area contributed by atoms with Crippen LogP contribution in [0.3, 0.4) is 0 Å². The quantitative estimate of drug-likeness (QED) is 0.834. The number of benzene rings is 1. The molecule has 0 aliphatic carbocycles. The van der Waals surface area contributed by atoms with Crippen LogP contribution in [0.25, 0.3) is 0 Å². The van der Waals surface area contributed by atoms with Crippen molar-refractivity contribution >= 4 is 17.5 Å². The molecular formula is C18H19ClN2O. The summed E-state index contributed by atoms with van der Waals surface area (Å²) in [5.41, 5.74) is 1.93. The number of hydrogen-bond acceptors (Lipinski definition) is 2. The van der Waals surface area contributed by atoms with Crippen molar-refractivity contribution in [3.63, 3.8) is 0 Å². The zero-order valence-corrected chi connectivity index (χ0v) is 13.2. The van der Waals surface area contributed by atoms with Crippen LogP contribution >= 0.6 is 11.6 Å². The zero-order valence-electron chi connectivity index (χ0n) is 12.4. The van der Waals surface area contributed by atoms with E-state index in [1.807, 2.05) is 29.2 Å². The minimum atomic E-state index is 0.0777. The molecule has 3 rings (SSSR count). The summed E-state index contributed by atoms with van der Waals surface area (Å²) in [6.45, 7) is 1.58. The molecule has 22 heavy (non-hydrogen) atoms. The third-order valence-electron chi connectivity index (χ3n) is 4.21. The highest BCUT2D eigenvalue weighted by Crippen LogP contribution is 2.28. The van der Waals surface area contributed by atoms with E-state index in [9.17, 15) is 4.79 Å². The van der Waals surface area contributed by atoms with Crippen LogP contribution in [0.5, 0.6) is 0 Å². The first-order valence-electron chi connectivity index (χ1n) is 7.69. The van der Waals surface area contributed by atoms with Crippen molar-refractivity contribution in [2.45, 2.75) is 25.2 Å². The molecule has 0 spiro atoms. The van der Waals surface area contributed by atoms with Gasteiger partial charge in [-0.15, -0.1) is 0 Å². The van der Waals surface area contributed by atoms with Gasteiger partial charge in [0.25, 0.3) is 5.91 Å². The van der Waals surface area contributed by atoms with Gasteiger partial charge in [0.1, 0.15) is 0 Å². The largest absolute Gasteiger partial charge is 0.338 e. The number of carbonyl (C=O) groups is 1. The summed E-state index contributed by atoms with van der Waals surface area (Å²) in [5.74, 6) is 0.453. The van der Waals surface area contributed by atoms with E-state index >= 15 is 0 Å². The number of aromatic nitrogens is 1. The van der Waals surface area contributed by atoms with Crippen LogP contribution in [0, 0.1) is 0 Å². The summed E-state index contributed by atoms with van der Waals surface area (Å²) >= 11 is 5.97. The van der Waals surface area contributed by atoms with Crippen LogP contribution in [0.4, 0.5) is 0 Å². The van der Waals surface area contributed by atoms with E-state index in [4.69, 9.17) is 11.6 Å². The molecule has 0 N–H and O–H groups in total. The first-order chi connectivity index (χ1) is 10.7. The SMILES string of the molecule is O=C(c1cccnc1)N1CCCC[C@@H](c2ccc(Cl)cc2)C1. The van der Waals surface area contributed by atoms with Gasteiger partial charge < -0.3 is 4.90 Å². The van der Waals surface area contributed by atoms with E-state index in [-0.39, 0.29) is 5.91 Å². The number of nitrogens with zero attached hydrogens (tertiary/aromatic N) is 2. The van der Waals surface area contributed by atoms with E-state index < -0.39 is 0 Å². The van der Waals surface area contributed by atoms with Crippen molar-refractivity contribution in [2.75, 3.05) is 13.1 Å². The topological polar surface area (TPSA) is 33.2 Å². The maximum atomic E-state index is 12.6. The number of carbonyl (C=O) groups excluding carboxylic acids is 1. The number of pyridine rings is 1. The van der Waals surface area contributed by atoms with Crippen molar-refractivity contribution in [1.82, 2.24) is 9.88 Å². The highest BCUT2D eigenvalue weighted by Gasteiger charge is 2.24. The average molecular weight is 315 g/mol. The molecule has 1 fully saturated rings. The van der Waals surface area contributed by atoms with Crippen LogP contribution < -0.4 is 0 Å². The Morgan fingerprint density at radius 1 is 1.18 bits per heavy atom. The third-order valence-corrected chi connectivity index (χ3v) is 4.46. The van der Waals surface area contributed by atoms with E-state index in [0.717, 1.165) is 37.4 Å². The Kier molecular flexibility index (Phi) is 4.74. The molecule has 1 atom stereocenters. The van der Waals surface area contributed by atoms with Gasteiger partial charge in [0.15, 0.2) is 0 Å². The van der Waals surface area contributed by atoms with Crippen molar-refractivity contribution in [3.8, 4) is 0 Å². The molecule has 0 unspecified atom stereocenters. The molecule has 3 nitrogen and oxygen atoms in total. The number of likely N-dealkylation sites (tertiary alicyclic amines) is 1. The summed E-state index contributed by atoms with van der Waals surface area (Å²) in [7, 11) is 0. The number of hydrogen-bond donors (Lipinski definition) is 0. The minimum Gasteiger partial charge on any atom is -0.338 e. The normalized spacial score (nSPS) is 18.8. The van der Waals surface area contributed by atoms with Gasteiger partial charge in [-0.1, -0.05) is 30.2 Å². The first-order valence-corrected chi connectivity index (χ1v) is 8.06. The lowest BCUT2D eigenvalue weighted by Crippen LogP contribution is -2.34. The molecule has 0 saturated carbocycles. The molecule has 0 bridgehead atoms. The Morgan fingerprint density at radius 2 is 2.00 bits per heavy atom. The Balaban J connectivity index is 1.78. The highest BCUT2D eigenvalue weighted by molar-refractivity contribution is 6.30. The lowest BCUT2D eigenvalue weighted by atomic mass is 9.94. The van der Waals surface area contributed by atoms with Crippen LogP contribution in [-0.2, 0) is 0 Å². The van der Waals surface area contributed by atoms with Gasteiger partial charge in [0.2, 0.25) is 0 Å². The van der Waals surface area contributed by atoms with Gasteiger partial charge >= 0.3 is 0 Å². The molecule has 1 saturated heterocycles. The number of rotatable bonds is 2. The summed E-state index contributed by atoms with van der Waals surface area (Å²) in [4.78, 5) is 18.7. The monoisotopic (exact) mass is 314 g/mol. The fourth-order valence-electron chi connectivity index (χ4n) is 3.01. The first kappa shape index (κ1) is 15.0. The molecule has 1 aromatic carbocycles. The van der Waals surface area contributed by atoms with Crippen molar-refractivity contribution in [1.29, 1.82) is 0 Å². The van der Waals surface area contributed by atoms with Gasteiger partial charge in [-0.05, 0) is 42.7 Å². The molecule has 2 heterocycles. The average Bonchev–Trinajstić information content (AvgIpc) is 2.82. The van der Waals surface area contributed by atoms with Crippen molar-refractivity contribution in [3.05, 3.63) is 64.9 Å². The zero-order chi connectivity index (χ0) is 15.4. The summed E-state index contributed by atoms with van der Waals surface area (Å²) in [6, 6.07) is 11.6. The van der Waals surface area contributed by atoms with Gasteiger partial charge in [-0.2, -0.15) is 0 Å². The van der Waals surface area contributed by atoms with Crippen LogP contribution in [0.1, 0.15) is 41.1 Å². The molecule has 1 aromatic heterocycles. The summed E-state index contributed by atoms with van der Waals surface area (Å²) < 4.78 is 0. The van der Waals surface area contributed by atoms with Crippen LogP contribution in [0.15, 0.2) is 48.8 Å². The van der Waals surface area contributed by atoms with Crippen molar-refractivity contribution < 1.29 is 4.79 Å². The van der Waals surface area contributed by atoms with E-state index in [0.29, 0.717) is 11.5 Å². The molecule has 4 heteroatoms. The standard InChI is InChI=1S/C18H19ClN2O/c19-17-8-6-14(7-9-17)16-4-1-2-11-21(13-16)18(22)15-5-3-10-20-12-15/h3,5-10,12,16H,1-2,4,11,13H2/t16-/m1/s1. The minimum absolute atomic E-state index is 0.0777. The number of halogens is 1. The molecule has 1 aliphatic heterocycles. The third kappa shape index (κ3) is 3.47. The lowest BCUT2D eigenvalue weighted by Gasteiger charge is -2.25. The molecule has 1 aliphatic rings. The lowest BCUT2D eigenvalue weighted by molar-refractivity contribution is 0.0754. The highest BCUT2D eigenvalue weighted by atomic mass is 35.5. The predicted octanol–water partition coefficient (Wildman–Crippen LogP) is 4.14. The molecular weight excluding hydrogens is 296 g/mol. The predicted molar refractivity (Wildman–Crippen MR) is 88.2 cm³/mol. The van der Waals surface area contributed by atoms with E-state index in [2.05, 4.69) is 17.1 Å². The molecule has 114 valence electrons. The smallest absolute Gasteiger partial charge is 0.255 e. The van der Waals surface area contributed by atoms with Gasteiger partial charge in [0, 0.05) is 36.4 Å². The Morgan fingerprint density at radius 3 is 2.73 bits per heavy atom. The Labute approximate surface area is 135 Å². The fraction of sp³-hybridized carbons (Fsp3) is 0.333. The van der Waals surface area contributed by atoms with Crippen LogP contribution in [-0.4, -0.2) is 28.9 Å². The molecule has 0 radical (unpaired) electrons. The van der Waals surface area contributed by atoms with Crippen molar-refractivity contribution in [2.24, 2.45) is 0 Å². The molecule has 1 amide bonds. The Hall–Kier alpha value is -1.87. The maximum absolute atomic E-state index is 12.6. The van der Waals surface area contributed by atoms with E-state index in [1.54, 1.807) is 12.4 Å². The summed E-state index contributed by atoms with van der Waals surface area (Å²) in [6.07, 6.45) is 6.64. The Bertz CT molecular complexity index is 627. The second-order valence-electron chi connectivity index (χ2n) is 5.74. The molecule has 2 aromatic rings. The second-order valence-corrected chi connectivity index (χ2v) is 6.17. The maximum Gasteiger partial charge on any atom is 0.255 e. The van der Waals surface area contributed by atoms with E-state index in [1.165, 1.54) is 5.56 Å². The van der Waals surface area contributed by atoms with Gasteiger partial charge in [-0.3, -0.25) is 9.78 Å². The second kappa shape index (κ2) is 6.93. The van der Waals surface area contributed by atoms with Gasteiger partial charge in [-0.25, -0.2) is 0 Å². The number of amides is 1. The van der Waals surface area contributed by atoms with Gasteiger partial charge in [0.05, 0.1) is 5.56 Å².